The lowest BCUT2D eigenvalue weighted by Gasteiger charge is -2.19. The first kappa shape index (κ1) is 11.0. The molecule has 2 nitrogen and oxygen atoms in total. The molecular weight excluding hydrogens is 181 g/mol. The van der Waals surface area contributed by atoms with Crippen LogP contribution in [0.15, 0.2) is 18.2 Å². The molecule has 0 aliphatic carbocycles. The summed E-state index contributed by atoms with van der Waals surface area (Å²) < 4.78 is 18.6. The van der Waals surface area contributed by atoms with Crippen LogP contribution < -0.4 is 10.5 Å². The smallest absolute Gasteiger partial charge is 0.131 e. The van der Waals surface area contributed by atoms with Crippen molar-refractivity contribution in [3.8, 4) is 5.75 Å². The Labute approximate surface area is 83.9 Å². The summed E-state index contributed by atoms with van der Waals surface area (Å²) in [6.45, 7) is 3.91. The summed E-state index contributed by atoms with van der Waals surface area (Å²) in [5, 5.41) is 0. The zero-order valence-corrected chi connectivity index (χ0v) is 8.75. The summed E-state index contributed by atoms with van der Waals surface area (Å²) >= 11 is 0. The van der Waals surface area contributed by atoms with E-state index in [0.717, 1.165) is 0 Å². The lowest BCUT2D eigenvalue weighted by Crippen LogP contribution is -2.19. The van der Waals surface area contributed by atoms with Gasteiger partial charge in [0.1, 0.15) is 11.6 Å². The van der Waals surface area contributed by atoms with Crippen LogP contribution in [0.2, 0.25) is 0 Å². The first-order valence-corrected chi connectivity index (χ1v) is 4.66. The zero-order valence-electron chi connectivity index (χ0n) is 8.75. The third-order valence-electron chi connectivity index (χ3n) is 2.28. The Balaban J connectivity index is 3.16. The predicted octanol–water partition coefficient (Wildman–Crippen LogP) is 2.49. The van der Waals surface area contributed by atoms with Crippen LogP contribution in [0.5, 0.6) is 5.75 Å². The van der Waals surface area contributed by atoms with Crippen molar-refractivity contribution in [1.29, 1.82) is 0 Å². The van der Waals surface area contributed by atoms with Gasteiger partial charge in [0.05, 0.1) is 7.11 Å². The van der Waals surface area contributed by atoms with Gasteiger partial charge < -0.3 is 10.5 Å². The number of ether oxygens (including phenoxy) is 1. The van der Waals surface area contributed by atoms with Gasteiger partial charge in [0.25, 0.3) is 0 Å². The molecule has 1 aromatic carbocycles. The van der Waals surface area contributed by atoms with Gasteiger partial charge in [0.2, 0.25) is 0 Å². The van der Waals surface area contributed by atoms with E-state index < -0.39 is 0 Å². The van der Waals surface area contributed by atoms with Gasteiger partial charge in [0.15, 0.2) is 0 Å². The summed E-state index contributed by atoms with van der Waals surface area (Å²) in [4.78, 5) is 0. The summed E-state index contributed by atoms with van der Waals surface area (Å²) in [5.74, 6) is 0.401. The SMILES string of the molecule is COc1cccc(F)c1[C@@H](N)C(C)C. The zero-order chi connectivity index (χ0) is 10.7. The standard InChI is InChI=1S/C11H16FNO/c1-7(2)11(13)10-8(12)5-4-6-9(10)14-3/h4-7,11H,13H2,1-3H3/t11-/m0/s1. The van der Waals surface area contributed by atoms with Gasteiger partial charge in [-0.05, 0) is 18.1 Å². The van der Waals surface area contributed by atoms with Gasteiger partial charge in [-0.2, -0.15) is 0 Å². The number of benzene rings is 1. The highest BCUT2D eigenvalue weighted by molar-refractivity contribution is 5.37. The Morgan fingerprint density at radius 3 is 2.50 bits per heavy atom. The minimum atomic E-state index is -0.328. The van der Waals surface area contributed by atoms with Crippen molar-refractivity contribution in [3.63, 3.8) is 0 Å². The van der Waals surface area contributed by atoms with Crippen molar-refractivity contribution >= 4 is 0 Å². The molecule has 1 aromatic rings. The highest BCUT2D eigenvalue weighted by Gasteiger charge is 2.19. The molecule has 0 heterocycles. The van der Waals surface area contributed by atoms with E-state index in [1.807, 2.05) is 13.8 Å². The van der Waals surface area contributed by atoms with Gasteiger partial charge in [-0.15, -0.1) is 0 Å². The maximum atomic E-state index is 13.5. The monoisotopic (exact) mass is 197 g/mol. The number of rotatable bonds is 3. The van der Waals surface area contributed by atoms with Gasteiger partial charge in [0, 0.05) is 11.6 Å². The van der Waals surface area contributed by atoms with E-state index in [1.165, 1.54) is 13.2 Å². The highest BCUT2D eigenvalue weighted by Crippen LogP contribution is 2.30. The normalized spacial score (nSPS) is 13.0. The molecule has 0 fully saturated rings. The number of hydrogen-bond acceptors (Lipinski definition) is 2. The molecule has 0 unspecified atom stereocenters. The van der Waals surface area contributed by atoms with Gasteiger partial charge in [-0.3, -0.25) is 0 Å². The largest absolute Gasteiger partial charge is 0.496 e. The fraction of sp³-hybridized carbons (Fsp3) is 0.455. The molecule has 2 N–H and O–H groups in total. The molecule has 0 saturated carbocycles. The summed E-state index contributed by atoms with van der Waals surface area (Å²) in [6, 6.07) is 4.41. The fourth-order valence-electron chi connectivity index (χ4n) is 1.35. The Hall–Kier alpha value is -1.09. The molecule has 3 heteroatoms. The first-order chi connectivity index (χ1) is 6.57. The fourth-order valence-corrected chi connectivity index (χ4v) is 1.35. The second-order valence-electron chi connectivity index (χ2n) is 3.63. The Kier molecular flexibility index (Phi) is 3.47. The van der Waals surface area contributed by atoms with Crippen molar-refractivity contribution in [1.82, 2.24) is 0 Å². The maximum absolute atomic E-state index is 13.5. The quantitative estimate of drug-likeness (QED) is 0.808. The van der Waals surface area contributed by atoms with Crippen LogP contribution in [0.1, 0.15) is 25.5 Å². The van der Waals surface area contributed by atoms with Gasteiger partial charge in [-0.1, -0.05) is 19.9 Å². The second kappa shape index (κ2) is 4.42. The van der Waals surface area contributed by atoms with E-state index in [1.54, 1.807) is 12.1 Å². The maximum Gasteiger partial charge on any atom is 0.131 e. The van der Waals surface area contributed by atoms with Crippen LogP contribution in [0.3, 0.4) is 0 Å². The first-order valence-electron chi connectivity index (χ1n) is 4.66. The second-order valence-corrected chi connectivity index (χ2v) is 3.63. The van der Waals surface area contributed by atoms with Crippen LogP contribution >= 0.6 is 0 Å². The van der Waals surface area contributed by atoms with E-state index >= 15 is 0 Å². The molecule has 78 valence electrons. The lowest BCUT2D eigenvalue weighted by molar-refractivity contribution is 0.387. The van der Waals surface area contributed by atoms with E-state index in [2.05, 4.69) is 0 Å². The van der Waals surface area contributed by atoms with Crippen molar-refractivity contribution in [2.45, 2.75) is 19.9 Å². The molecule has 0 aliphatic heterocycles. The summed E-state index contributed by atoms with van der Waals surface area (Å²) in [6.07, 6.45) is 0. The molecule has 0 bridgehead atoms. The van der Waals surface area contributed by atoms with Crippen LogP contribution in [-0.2, 0) is 0 Å². The topological polar surface area (TPSA) is 35.2 Å². The lowest BCUT2D eigenvalue weighted by atomic mass is 9.96. The van der Waals surface area contributed by atoms with Gasteiger partial charge >= 0.3 is 0 Å². The molecule has 1 atom stereocenters. The van der Waals surface area contributed by atoms with Crippen LogP contribution in [0, 0.1) is 11.7 Å². The van der Waals surface area contributed by atoms with E-state index in [9.17, 15) is 4.39 Å². The molecule has 0 radical (unpaired) electrons. The Morgan fingerprint density at radius 1 is 1.36 bits per heavy atom. The molecule has 0 spiro atoms. The molecule has 14 heavy (non-hydrogen) atoms. The molecule has 1 rings (SSSR count). The summed E-state index contributed by atoms with van der Waals surface area (Å²) in [7, 11) is 1.52. The molecular formula is C11H16FNO. The molecule has 0 aromatic heterocycles. The minimum Gasteiger partial charge on any atom is -0.496 e. The van der Waals surface area contributed by atoms with Crippen molar-refractivity contribution < 1.29 is 9.13 Å². The Morgan fingerprint density at radius 2 is 2.00 bits per heavy atom. The van der Waals surface area contributed by atoms with Crippen LogP contribution in [-0.4, -0.2) is 7.11 Å². The van der Waals surface area contributed by atoms with Crippen LogP contribution in [0.25, 0.3) is 0 Å². The van der Waals surface area contributed by atoms with Crippen LogP contribution in [0.4, 0.5) is 4.39 Å². The average molecular weight is 197 g/mol. The van der Waals surface area contributed by atoms with E-state index in [-0.39, 0.29) is 17.8 Å². The van der Waals surface area contributed by atoms with Crippen molar-refractivity contribution in [2.24, 2.45) is 11.7 Å². The van der Waals surface area contributed by atoms with Crippen molar-refractivity contribution in [2.75, 3.05) is 7.11 Å². The predicted molar refractivity (Wildman–Crippen MR) is 54.7 cm³/mol. The molecule has 0 amide bonds. The number of hydrogen-bond donors (Lipinski definition) is 1. The van der Waals surface area contributed by atoms with Gasteiger partial charge in [-0.25, -0.2) is 4.39 Å². The summed E-state index contributed by atoms with van der Waals surface area (Å²) in [5.41, 5.74) is 6.36. The Bertz CT molecular complexity index is 312. The number of nitrogens with two attached hydrogens (primary N) is 1. The number of halogens is 1. The van der Waals surface area contributed by atoms with Crippen molar-refractivity contribution in [3.05, 3.63) is 29.6 Å². The molecule has 0 saturated heterocycles. The average Bonchev–Trinajstić information content (AvgIpc) is 2.16. The highest BCUT2D eigenvalue weighted by atomic mass is 19.1. The number of methoxy groups -OCH3 is 1. The third-order valence-corrected chi connectivity index (χ3v) is 2.28. The minimum absolute atomic E-state index is 0.181. The molecule has 0 aliphatic rings. The van der Waals surface area contributed by atoms with E-state index in [0.29, 0.717) is 11.3 Å². The third kappa shape index (κ3) is 2.04. The van der Waals surface area contributed by atoms with E-state index in [4.69, 9.17) is 10.5 Å².